The molecule has 1 rings (SSSR count). The minimum absolute atomic E-state index is 0.0619. The Balaban J connectivity index is 2.41. The number of amides is 2. The lowest BCUT2D eigenvalue weighted by molar-refractivity contribution is -0.140. The van der Waals surface area contributed by atoms with Crippen LogP contribution in [0, 0.1) is 5.92 Å². The molecule has 5 nitrogen and oxygen atoms in total. The van der Waals surface area contributed by atoms with Crippen molar-refractivity contribution >= 4 is 11.8 Å². The van der Waals surface area contributed by atoms with Gasteiger partial charge in [-0.2, -0.15) is 0 Å². The summed E-state index contributed by atoms with van der Waals surface area (Å²) < 4.78 is 0. The highest BCUT2D eigenvalue weighted by atomic mass is 16.2. The van der Waals surface area contributed by atoms with Crippen LogP contribution in [-0.4, -0.2) is 48.9 Å². The highest BCUT2D eigenvalue weighted by Gasteiger charge is 2.29. The van der Waals surface area contributed by atoms with Gasteiger partial charge in [-0.3, -0.25) is 9.59 Å². The smallest absolute Gasteiger partial charge is 0.239 e. The number of hydrogen-bond acceptors (Lipinski definition) is 3. The highest BCUT2D eigenvalue weighted by molar-refractivity contribution is 5.86. The van der Waals surface area contributed by atoms with E-state index in [1.54, 1.807) is 4.90 Å². The zero-order chi connectivity index (χ0) is 12.1. The van der Waals surface area contributed by atoms with Crippen LogP contribution in [0.2, 0.25) is 0 Å². The molecule has 2 N–H and O–H groups in total. The van der Waals surface area contributed by atoms with Crippen molar-refractivity contribution in [1.82, 2.24) is 15.5 Å². The molecule has 1 heterocycles. The van der Waals surface area contributed by atoms with Gasteiger partial charge < -0.3 is 15.5 Å². The summed E-state index contributed by atoms with van der Waals surface area (Å²) in [5, 5.41) is 5.85. The molecule has 0 aromatic carbocycles. The van der Waals surface area contributed by atoms with Crippen molar-refractivity contribution in [1.29, 1.82) is 0 Å². The first kappa shape index (κ1) is 13.0. The highest BCUT2D eigenvalue weighted by Crippen LogP contribution is 2.07. The van der Waals surface area contributed by atoms with Gasteiger partial charge in [-0.1, -0.05) is 0 Å². The number of carbonyl (C=O) groups excluding carboxylic acids is 2. The summed E-state index contributed by atoms with van der Waals surface area (Å²) in [5.41, 5.74) is 0. The van der Waals surface area contributed by atoms with E-state index in [2.05, 4.69) is 10.6 Å². The fourth-order valence-corrected chi connectivity index (χ4v) is 1.61. The van der Waals surface area contributed by atoms with Crippen molar-refractivity contribution in [2.45, 2.75) is 26.8 Å². The van der Waals surface area contributed by atoms with Gasteiger partial charge in [-0.15, -0.1) is 0 Å². The Kier molecular flexibility index (Phi) is 4.73. The summed E-state index contributed by atoms with van der Waals surface area (Å²) in [7, 11) is 0. The van der Waals surface area contributed by atoms with Crippen LogP contribution in [0.15, 0.2) is 0 Å². The number of hydrogen-bond donors (Lipinski definition) is 2. The molecule has 16 heavy (non-hydrogen) atoms. The molecule has 0 radical (unpaired) electrons. The molecule has 1 aliphatic rings. The summed E-state index contributed by atoms with van der Waals surface area (Å²) >= 11 is 0. The second-order valence-electron chi connectivity index (χ2n) is 4.43. The van der Waals surface area contributed by atoms with Crippen LogP contribution in [0.1, 0.15) is 20.8 Å². The molecule has 0 aliphatic carbocycles. The van der Waals surface area contributed by atoms with Crippen molar-refractivity contribution in [3.8, 4) is 0 Å². The topological polar surface area (TPSA) is 61.4 Å². The minimum atomic E-state index is -0.0857. The SMILES string of the molecule is CCN(CC(=O)NC(C)C)C(=O)C1CNC1. The van der Waals surface area contributed by atoms with Crippen molar-refractivity contribution < 1.29 is 9.59 Å². The maximum absolute atomic E-state index is 11.9. The van der Waals surface area contributed by atoms with Gasteiger partial charge in [0.05, 0.1) is 12.5 Å². The molecule has 1 saturated heterocycles. The third kappa shape index (κ3) is 3.48. The van der Waals surface area contributed by atoms with Crippen LogP contribution >= 0.6 is 0 Å². The summed E-state index contributed by atoms with van der Waals surface area (Å²) in [6.45, 7) is 7.94. The van der Waals surface area contributed by atoms with E-state index in [1.165, 1.54) is 0 Å². The molecule has 2 amide bonds. The average molecular weight is 227 g/mol. The molecule has 0 spiro atoms. The Bertz CT molecular complexity index is 262. The van der Waals surface area contributed by atoms with E-state index in [4.69, 9.17) is 0 Å². The molecule has 0 bridgehead atoms. The monoisotopic (exact) mass is 227 g/mol. The predicted molar refractivity (Wildman–Crippen MR) is 61.9 cm³/mol. The number of carbonyl (C=O) groups is 2. The van der Waals surface area contributed by atoms with Crippen LogP contribution in [-0.2, 0) is 9.59 Å². The van der Waals surface area contributed by atoms with E-state index in [9.17, 15) is 9.59 Å². The van der Waals surface area contributed by atoms with Crippen LogP contribution in [0.5, 0.6) is 0 Å². The third-order valence-electron chi connectivity index (χ3n) is 2.61. The number of likely N-dealkylation sites (N-methyl/N-ethyl adjacent to an activating group) is 1. The number of nitrogens with zero attached hydrogens (tertiary/aromatic N) is 1. The second-order valence-corrected chi connectivity index (χ2v) is 4.43. The first-order valence-electron chi connectivity index (χ1n) is 5.83. The average Bonchev–Trinajstić information content (AvgIpc) is 2.09. The van der Waals surface area contributed by atoms with Gasteiger partial charge in [0.2, 0.25) is 11.8 Å². The second kappa shape index (κ2) is 5.84. The first-order valence-corrected chi connectivity index (χ1v) is 5.83. The van der Waals surface area contributed by atoms with E-state index in [0.29, 0.717) is 6.54 Å². The summed E-state index contributed by atoms with van der Waals surface area (Å²) in [5.74, 6) is 0.0597. The molecule has 0 atom stereocenters. The quantitative estimate of drug-likeness (QED) is 0.670. The van der Waals surface area contributed by atoms with E-state index < -0.39 is 0 Å². The first-order chi connectivity index (χ1) is 7.54. The summed E-state index contributed by atoms with van der Waals surface area (Å²) in [4.78, 5) is 25.0. The van der Waals surface area contributed by atoms with Crippen molar-refractivity contribution in [3.63, 3.8) is 0 Å². The van der Waals surface area contributed by atoms with Gasteiger partial charge in [0.1, 0.15) is 0 Å². The Hall–Kier alpha value is -1.10. The van der Waals surface area contributed by atoms with Crippen molar-refractivity contribution in [3.05, 3.63) is 0 Å². The number of nitrogens with one attached hydrogen (secondary N) is 2. The molecule has 5 heteroatoms. The fraction of sp³-hybridized carbons (Fsp3) is 0.818. The zero-order valence-electron chi connectivity index (χ0n) is 10.2. The largest absolute Gasteiger partial charge is 0.352 e. The van der Waals surface area contributed by atoms with Crippen LogP contribution in [0.25, 0.3) is 0 Å². The molecule has 0 aromatic rings. The normalized spacial score (nSPS) is 15.8. The zero-order valence-corrected chi connectivity index (χ0v) is 10.2. The lowest BCUT2D eigenvalue weighted by atomic mass is 10.0. The maximum Gasteiger partial charge on any atom is 0.239 e. The molecular formula is C11H21N3O2. The summed E-state index contributed by atoms with van der Waals surface area (Å²) in [6, 6.07) is 0.117. The summed E-state index contributed by atoms with van der Waals surface area (Å²) in [6.07, 6.45) is 0. The van der Waals surface area contributed by atoms with E-state index in [-0.39, 0.29) is 30.3 Å². The third-order valence-corrected chi connectivity index (χ3v) is 2.61. The standard InChI is InChI=1S/C11H21N3O2/c1-4-14(7-10(15)13-8(2)3)11(16)9-5-12-6-9/h8-9,12H,4-7H2,1-3H3,(H,13,15). The molecule has 0 aromatic heterocycles. The Morgan fingerprint density at radius 1 is 1.44 bits per heavy atom. The maximum atomic E-state index is 11.9. The van der Waals surface area contributed by atoms with Gasteiger partial charge in [0.15, 0.2) is 0 Å². The van der Waals surface area contributed by atoms with Gasteiger partial charge >= 0.3 is 0 Å². The molecule has 1 fully saturated rings. The minimum Gasteiger partial charge on any atom is -0.352 e. The predicted octanol–water partition coefficient (Wildman–Crippen LogP) is -0.421. The molecule has 0 unspecified atom stereocenters. The van der Waals surface area contributed by atoms with Crippen molar-refractivity contribution in [2.75, 3.05) is 26.2 Å². The van der Waals surface area contributed by atoms with Gasteiger partial charge in [-0.25, -0.2) is 0 Å². The van der Waals surface area contributed by atoms with E-state index in [0.717, 1.165) is 13.1 Å². The van der Waals surface area contributed by atoms with E-state index >= 15 is 0 Å². The Labute approximate surface area is 96.6 Å². The molecule has 92 valence electrons. The van der Waals surface area contributed by atoms with E-state index in [1.807, 2.05) is 20.8 Å². The lowest BCUT2D eigenvalue weighted by Gasteiger charge is -2.31. The molecule has 1 aliphatic heterocycles. The van der Waals surface area contributed by atoms with Gasteiger partial charge in [-0.05, 0) is 20.8 Å². The van der Waals surface area contributed by atoms with Crippen LogP contribution < -0.4 is 10.6 Å². The molecular weight excluding hydrogens is 206 g/mol. The van der Waals surface area contributed by atoms with Gasteiger partial charge in [0.25, 0.3) is 0 Å². The fourth-order valence-electron chi connectivity index (χ4n) is 1.61. The molecule has 0 saturated carbocycles. The van der Waals surface area contributed by atoms with Crippen LogP contribution in [0.4, 0.5) is 0 Å². The van der Waals surface area contributed by atoms with Gasteiger partial charge in [0, 0.05) is 25.7 Å². The number of rotatable bonds is 5. The van der Waals surface area contributed by atoms with Crippen molar-refractivity contribution in [2.24, 2.45) is 5.92 Å². The Morgan fingerprint density at radius 3 is 2.44 bits per heavy atom. The lowest BCUT2D eigenvalue weighted by Crippen LogP contribution is -2.53. The Morgan fingerprint density at radius 2 is 2.06 bits per heavy atom. The van der Waals surface area contributed by atoms with Crippen LogP contribution in [0.3, 0.4) is 0 Å².